The molecule has 7 nitrogen and oxygen atoms in total. The van der Waals surface area contributed by atoms with Gasteiger partial charge < -0.3 is 24.7 Å². The van der Waals surface area contributed by atoms with Crippen molar-refractivity contribution in [3.63, 3.8) is 0 Å². The van der Waals surface area contributed by atoms with Crippen molar-refractivity contribution < 1.29 is 19.1 Å². The van der Waals surface area contributed by atoms with E-state index in [0.29, 0.717) is 23.7 Å². The first-order valence-electron chi connectivity index (χ1n) is 9.35. The highest BCUT2D eigenvalue weighted by molar-refractivity contribution is 6.04. The predicted octanol–water partition coefficient (Wildman–Crippen LogP) is 3.19. The van der Waals surface area contributed by atoms with E-state index in [2.05, 4.69) is 15.2 Å². The lowest BCUT2D eigenvalue weighted by Gasteiger charge is -2.16. The Morgan fingerprint density at radius 2 is 1.83 bits per heavy atom. The lowest BCUT2D eigenvalue weighted by molar-refractivity contribution is -0.127. The van der Waals surface area contributed by atoms with Crippen molar-refractivity contribution in [2.24, 2.45) is 0 Å². The van der Waals surface area contributed by atoms with E-state index in [9.17, 15) is 9.59 Å². The number of carbonyl (C=O) groups excluding carboxylic acids is 2. The highest BCUT2D eigenvalue weighted by atomic mass is 16.5. The smallest absolute Gasteiger partial charge is 0.233 e. The molecule has 0 aliphatic heterocycles. The maximum Gasteiger partial charge on any atom is 0.233 e. The van der Waals surface area contributed by atoms with Crippen LogP contribution in [0.1, 0.15) is 13.3 Å². The maximum absolute atomic E-state index is 12.3. The van der Waals surface area contributed by atoms with E-state index in [-0.39, 0.29) is 18.4 Å². The van der Waals surface area contributed by atoms with Crippen molar-refractivity contribution in [1.82, 2.24) is 9.88 Å². The summed E-state index contributed by atoms with van der Waals surface area (Å²) in [6, 6.07) is 15.0. The van der Waals surface area contributed by atoms with Crippen LogP contribution in [0.5, 0.6) is 11.5 Å². The molecule has 3 rings (SSSR count). The summed E-state index contributed by atoms with van der Waals surface area (Å²) in [6.45, 7) is 2.53. The molecule has 0 fully saturated rings. The highest BCUT2D eigenvalue weighted by Gasteiger charge is 2.15. The second kappa shape index (κ2) is 9.14. The van der Waals surface area contributed by atoms with Gasteiger partial charge in [0, 0.05) is 30.4 Å². The van der Waals surface area contributed by atoms with E-state index in [1.807, 2.05) is 43.5 Å². The number of amides is 2. The van der Waals surface area contributed by atoms with E-state index in [0.717, 1.165) is 10.9 Å². The summed E-state index contributed by atoms with van der Waals surface area (Å²) < 4.78 is 12.5. The summed E-state index contributed by atoms with van der Waals surface area (Å²) in [5.41, 5.74) is 1.59. The SMILES string of the molecule is COc1ccc(NC(=O)CC(=O)N[C@H](C)Cn2ccc3ccccc32)c(OC)c1. The van der Waals surface area contributed by atoms with Crippen LogP contribution in [-0.4, -0.2) is 36.6 Å². The monoisotopic (exact) mass is 395 g/mol. The van der Waals surface area contributed by atoms with Crippen LogP contribution in [-0.2, 0) is 16.1 Å². The number of hydrogen-bond acceptors (Lipinski definition) is 4. The fourth-order valence-electron chi connectivity index (χ4n) is 3.21. The zero-order valence-electron chi connectivity index (χ0n) is 16.8. The van der Waals surface area contributed by atoms with Gasteiger partial charge in [-0.05, 0) is 36.6 Å². The minimum atomic E-state index is -0.412. The third-order valence-electron chi connectivity index (χ3n) is 4.56. The molecular weight excluding hydrogens is 370 g/mol. The number of aromatic nitrogens is 1. The number of fused-ring (bicyclic) bond motifs is 1. The number of carbonyl (C=O) groups is 2. The molecule has 1 atom stereocenters. The van der Waals surface area contributed by atoms with E-state index in [4.69, 9.17) is 9.47 Å². The third kappa shape index (κ3) is 5.07. The first-order chi connectivity index (χ1) is 14.0. The molecule has 1 aromatic heterocycles. The molecule has 2 amide bonds. The second-order valence-corrected chi connectivity index (χ2v) is 6.79. The quantitative estimate of drug-likeness (QED) is 0.574. The van der Waals surface area contributed by atoms with E-state index in [1.54, 1.807) is 25.3 Å². The first kappa shape index (κ1) is 20.3. The molecule has 152 valence electrons. The van der Waals surface area contributed by atoms with Gasteiger partial charge in [-0.2, -0.15) is 0 Å². The van der Waals surface area contributed by atoms with Gasteiger partial charge in [0.25, 0.3) is 0 Å². The fourth-order valence-corrected chi connectivity index (χ4v) is 3.21. The van der Waals surface area contributed by atoms with Gasteiger partial charge in [0.1, 0.15) is 17.9 Å². The molecule has 0 spiro atoms. The number of para-hydroxylation sites is 1. The zero-order chi connectivity index (χ0) is 20.8. The van der Waals surface area contributed by atoms with Gasteiger partial charge >= 0.3 is 0 Å². The van der Waals surface area contributed by atoms with Crippen molar-refractivity contribution in [3.8, 4) is 11.5 Å². The van der Waals surface area contributed by atoms with Crippen molar-refractivity contribution in [3.05, 3.63) is 54.7 Å². The molecule has 0 unspecified atom stereocenters. The lowest BCUT2D eigenvalue weighted by Crippen LogP contribution is -2.37. The average molecular weight is 395 g/mol. The number of hydrogen-bond donors (Lipinski definition) is 2. The Balaban J connectivity index is 1.54. The van der Waals surface area contributed by atoms with Crippen molar-refractivity contribution >= 4 is 28.4 Å². The largest absolute Gasteiger partial charge is 0.497 e. The average Bonchev–Trinajstić information content (AvgIpc) is 3.10. The first-order valence-corrected chi connectivity index (χ1v) is 9.35. The Kier molecular flexibility index (Phi) is 6.39. The Morgan fingerprint density at radius 3 is 2.59 bits per heavy atom. The minimum Gasteiger partial charge on any atom is -0.497 e. The van der Waals surface area contributed by atoms with Crippen LogP contribution in [0.25, 0.3) is 10.9 Å². The third-order valence-corrected chi connectivity index (χ3v) is 4.56. The Labute approximate surface area is 169 Å². The zero-order valence-corrected chi connectivity index (χ0v) is 16.8. The molecule has 0 saturated heterocycles. The molecule has 0 bridgehead atoms. The van der Waals surface area contributed by atoms with Crippen molar-refractivity contribution in [1.29, 1.82) is 0 Å². The van der Waals surface area contributed by atoms with E-state index >= 15 is 0 Å². The molecule has 0 aliphatic carbocycles. The van der Waals surface area contributed by atoms with Gasteiger partial charge in [0.2, 0.25) is 11.8 Å². The summed E-state index contributed by atoms with van der Waals surface area (Å²) in [5, 5.41) is 6.73. The molecule has 29 heavy (non-hydrogen) atoms. The number of anilines is 1. The van der Waals surface area contributed by atoms with Gasteiger partial charge in [-0.1, -0.05) is 18.2 Å². The van der Waals surface area contributed by atoms with Gasteiger partial charge in [-0.25, -0.2) is 0 Å². The van der Waals surface area contributed by atoms with Crippen molar-refractivity contribution in [2.75, 3.05) is 19.5 Å². The molecule has 2 aromatic carbocycles. The van der Waals surface area contributed by atoms with E-state index in [1.165, 1.54) is 7.11 Å². The van der Waals surface area contributed by atoms with Crippen LogP contribution in [0.15, 0.2) is 54.7 Å². The number of ether oxygens (including phenoxy) is 2. The number of nitrogens with zero attached hydrogens (tertiary/aromatic N) is 1. The summed E-state index contributed by atoms with van der Waals surface area (Å²) in [7, 11) is 3.05. The number of nitrogens with one attached hydrogen (secondary N) is 2. The van der Waals surface area contributed by atoms with Gasteiger partial charge in [-0.3, -0.25) is 9.59 Å². The molecule has 0 saturated carbocycles. The van der Waals surface area contributed by atoms with E-state index < -0.39 is 5.91 Å². The van der Waals surface area contributed by atoms with Crippen molar-refractivity contribution in [2.45, 2.75) is 25.9 Å². The standard InChI is InChI=1S/C22H25N3O4/c1-15(14-25-11-10-16-6-4-5-7-19(16)25)23-21(26)13-22(27)24-18-9-8-17(28-2)12-20(18)29-3/h4-12,15H,13-14H2,1-3H3,(H,23,26)(H,24,27)/t15-/m1/s1. The number of benzene rings is 2. The fraction of sp³-hybridized carbons (Fsp3) is 0.273. The van der Waals surface area contributed by atoms with Crippen LogP contribution in [0.3, 0.4) is 0 Å². The van der Waals surface area contributed by atoms with Gasteiger partial charge in [-0.15, -0.1) is 0 Å². The lowest BCUT2D eigenvalue weighted by atomic mass is 10.2. The van der Waals surface area contributed by atoms with Crippen LogP contribution < -0.4 is 20.1 Å². The Bertz CT molecular complexity index is 1010. The summed E-state index contributed by atoms with van der Waals surface area (Å²) >= 11 is 0. The summed E-state index contributed by atoms with van der Waals surface area (Å²) in [5.74, 6) is 0.332. The molecule has 1 heterocycles. The van der Waals surface area contributed by atoms with Crippen LogP contribution in [0, 0.1) is 0 Å². The summed E-state index contributed by atoms with van der Waals surface area (Å²) in [6.07, 6.45) is 1.72. The topological polar surface area (TPSA) is 81.6 Å². The maximum atomic E-state index is 12.3. The Morgan fingerprint density at radius 1 is 1.03 bits per heavy atom. The molecular formula is C22H25N3O4. The molecule has 0 aliphatic rings. The van der Waals surface area contributed by atoms with Crippen LogP contribution in [0.2, 0.25) is 0 Å². The molecule has 0 radical (unpaired) electrons. The van der Waals surface area contributed by atoms with Gasteiger partial charge in [0.15, 0.2) is 0 Å². The minimum absolute atomic E-state index is 0.123. The van der Waals surface area contributed by atoms with Gasteiger partial charge in [0.05, 0.1) is 19.9 Å². The molecule has 7 heteroatoms. The predicted molar refractivity (Wildman–Crippen MR) is 112 cm³/mol. The molecule has 2 N–H and O–H groups in total. The van der Waals surface area contributed by atoms with Crippen LogP contribution in [0.4, 0.5) is 5.69 Å². The normalized spacial score (nSPS) is 11.7. The second-order valence-electron chi connectivity index (χ2n) is 6.79. The Hall–Kier alpha value is -3.48. The summed E-state index contributed by atoms with van der Waals surface area (Å²) in [4.78, 5) is 24.5. The number of rotatable bonds is 8. The number of methoxy groups -OCH3 is 2. The highest BCUT2D eigenvalue weighted by Crippen LogP contribution is 2.29. The molecule has 3 aromatic rings. The van der Waals surface area contributed by atoms with Crippen LogP contribution >= 0.6 is 0 Å².